The molecular formula is C19H20ClNO3. The van der Waals surface area contributed by atoms with E-state index in [-0.39, 0.29) is 11.9 Å². The van der Waals surface area contributed by atoms with Gasteiger partial charge in [-0.15, -0.1) is 11.6 Å². The highest BCUT2D eigenvalue weighted by Crippen LogP contribution is 2.26. The second-order valence-electron chi connectivity index (χ2n) is 5.44. The van der Waals surface area contributed by atoms with E-state index in [1.807, 2.05) is 37.3 Å². The van der Waals surface area contributed by atoms with Crippen LogP contribution in [0, 0.1) is 6.92 Å². The van der Waals surface area contributed by atoms with Gasteiger partial charge < -0.3 is 10.1 Å². The molecule has 1 N–H and O–H groups in total. The molecule has 0 aromatic heterocycles. The Morgan fingerprint density at radius 3 is 2.42 bits per heavy atom. The lowest BCUT2D eigenvalue weighted by Crippen LogP contribution is -2.11. The standard InChI is InChI=1S/C19H20ClNO3/c1-13-12-16(21-18(22)4-3-11-20)9-10-17(13)14-5-7-15(8-6-14)19(23)24-2/h5-10,12H,3-4,11H2,1-2H3,(H,21,22). The first-order valence-electron chi connectivity index (χ1n) is 7.70. The topological polar surface area (TPSA) is 55.4 Å². The van der Waals surface area contributed by atoms with Gasteiger partial charge in [0.1, 0.15) is 0 Å². The van der Waals surface area contributed by atoms with E-state index in [1.165, 1.54) is 7.11 Å². The van der Waals surface area contributed by atoms with Gasteiger partial charge in [0.05, 0.1) is 12.7 Å². The Bertz CT molecular complexity index is 726. The van der Waals surface area contributed by atoms with Crippen LogP contribution in [0.2, 0.25) is 0 Å². The minimum atomic E-state index is -0.353. The van der Waals surface area contributed by atoms with Crippen LogP contribution in [0.25, 0.3) is 11.1 Å². The minimum absolute atomic E-state index is 0.0368. The zero-order valence-corrected chi connectivity index (χ0v) is 14.5. The number of halogens is 1. The molecule has 0 unspecified atom stereocenters. The lowest BCUT2D eigenvalue weighted by atomic mass is 9.99. The lowest BCUT2D eigenvalue weighted by Gasteiger charge is -2.10. The molecule has 0 saturated heterocycles. The smallest absolute Gasteiger partial charge is 0.337 e. The fraction of sp³-hybridized carbons (Fsp3) is 0.263. The van der Waals surface area contributed by atoms with Gasteiger partial charge in [0.2, 0.25) is 5.91 Å². The van der Waals surface area contributed by atoms with E-state index in [0.717, 1.165) is 22.4 Å². The van der Waals surface area contributed by atoms with Crippen LogP contribution in [-0.4, -0.2) is 24.9 Å². The van der Waals surface area contributed by atoms with Gasteiger partial charge >= 0.3 is 5.97 Å². The summed E-state index contributed by atoms with van der Waals surface area (Å²) in [5.41, 5.74) is 4.37. The van der Waals surface area contributed by atoms with Crippen LogP contribution in [-0.2, 0) is 9.53 Å². The summed E-state index contributed by atoms with van der Waals surface area (Å²) in [7, 11) is 1.36. The van der Waals surface area contributed by atoms with Crippen molar-refractivity contribution in [3.63, 3.8) is 0 Å². The quantitative estimate of drug-likeness (QED) is 0.623. The van der Waals surface area contributed by atoms with Crippen LogP contribution in [0.15, 0.2) is 42.5 Å². The summed E-state index contributed by atoms with van der Waals surface area (Å²) < 4.78 is 4.70. The highest BCUT2D eigenvalue weighted by atomic mass is 35.5. The summed E-state index contributed by atoms with van der Waals surface area (Å²) in [5, 5.41) is 2.87. The fourth-order valence-corrected chi connectivity index (χ4v) is 2.55. The van der Waals surface area contributed by atoms with E-state index in [4.69, 9.17) is 16.3 Å². The Balaban J connectivity index is 2.14. The molecule has 4 nitrogen and oxygen atoms in total. The van der Waals surface area contributed by atoms with Crippen molar-refractivity contribution in [2.24, 2.45) is 0 Å². The Hall–Kier alpha value is -2.33. The number of ether oxygens (including phenoxy) is 1. The van der Waals surface area contributed by atoms with Gasteiger partial charge in [-0.1, -0.05) is 18.2 Å². The Labute approximate surface area is 146 Å². The zero-order valence-electron chi connectivity index (χ0n) is 13.8. The molecule has 24 heavy (non-hydrogen) atoms. The molecule has 0 bridgehead atoms. The van der Waals surface area contributed by atoms with E-state index in [2.05, 4.69) is 5.32 Å². The molecule has 0 aliphatic heterocycles. The summed E-state index contributed by atoms with van der Waals surface area (Å²) in [4.78, 5) is 23.2. The summed E-state index contributed by atoms with van der Waals surface area (Å²) in [6, 6.07) is 13.0. The number of hydrogen-bond donors (Lipinski definition) is 1. The van der Waals surface area contributed by atoms with Gasteiger partial charge in [0.25, 0.3) is 0 Å². The molecule has 2 aromatic rings. The molecule has 1 amide bonds. The molecule has 0 atom stereocenters. The van der Waals surface area contributed by atoms with Gasteiger partial charge in [-0.05, 0) is 54.3 Å². The largest absolute Gasteiger partial charge is 0.465 e. The number of amides is 1. The Morgan fingerprint density at radius 2 is 1.83 bits per heavy atom. The molecule has 0 aliphatic rings. The number of esters is 1. The predicted molar refractivity (Wildman–Crippen MR) is 96.5 cm³/mol. The van der Waals surface area contributed by atoms with Crippen molar-refractivity contribution in [3.8, 4) is 11.1 Å². The maximum atomic E-state index is 11.8. The molecule has 0 saturated carbocycles. The van der Waals surface area contributed by atoms with Crippen LogP contribution >= 0.6 is 11.6 Å². The maximum Gasteiger partial charge on any atom is 0.337 e. The molecular weight excluding hydrogens is 326 g/mol. The number of aryl methyl sites for hydroxylation is 1. The fourth-order valence-electron chi connectivity index (χ4n) is 2.42. The number of alkyl halides is 1. The number of hydrogen-bond acceptors (Lipinski definition) is 3. The first-order valence-corrected chi connectivity index (χ1v) is 8.24. The monoisotopic (exact) mass is 345 g/mol. The SMILES string of the molecule is COC(=O)c1ccc(-c2ccc(NC(=O)CCCCl)cc2C)cc1. The number of rotatable bonds is 6. The van der Waals surface area contributed by atoms with Gasteiger partial charge in [-0.2, -0.15) is 0 Å². The van der Waals surface area contributed by atoms with Crippen molar-refractivity contribution in [1.82, 2.24) is 0 Å². The number of carbonyl (C=O) groups is 2. The molecule has 0 aliphatic carbocycles. The second-order valence-corrected chi connectivity index (χ2v) is 5.82. The molecule has 2 aromatic carbocycles. The summed E-state index contributed by atoms with van der Waals surface area (Å²) in [6.07, 6.45) is 1.08. The van der Waals surface area contributed by atoms with Crippen molar-refractivity contribution in [2.75, 3.05) is 18.3 Å². The van der Waals surface area contributed by atoms with Crippen molar-refractivity contribution >= 4 is 29.2 Å². The van der Waals surface area contributed by atoms with Crippen molar-refractivity contribution in [2.45, 2.75) is 19.8 Å². The highest BCUT2D eigenvalue weighted by molar-refractivity contribution is 6.18. The van der Waals surface area contributed by atoms with Crippen molar-refractivity contribution in [1.29, 1.82) is 0 Å². The number of anilines is 1. The molecule has 2 rings (SSSR count). The normalized spacial score (nSPS) is 10.3. The Kier molecular flexibility index (Phi) is 6.38. The van der Waals surface area contributed by atoms with E-state index < -0.39 is 0 Å². The van der Waals surface area contributed by atoms with Crippen LogP contribution < -0.4 is 5.32 Å². The first-order chi connectivity index (χ1) is 11.5. The van der Waals surface area contributed by atoms with Crippen molar-refractivity contribution in [3.05, 3.63) is 53.6 Å². The second kappa shape index (κ2) is 8.50. The molecule has 5 heteroatoms. The third-order valence-electron chi connectivity index (χ3n) is 3.66. The average Bonchev–Trinajstić information content (AvgIpc) is 2.59. The zero-order chi connectivity index (χ0) is 17.5. The van der Waals surface area contributed by atoms with Gasteiger partial charge in [0.15, 0.2) is 0 Å². The van der Waals surface area contributed by atoms with E-state index in [0.29, 0.717) is 24.3 Å². The molecule has 126 valence electrons. The lowest BCUT2D eigenvalue weighted by molar-refractivity contribution is -0.116. The van der Waals surface area contributed by atoms with Gasteiger partial charge in [-0.3, -0.25) is 4.79 Å². The third-order valence-corrected chi connectivity index (χ3v) is 3.93. The Morgan fingerprint density at radius 1 is 1.12 bits per heavy atom. The summed E-state index contributed by atoms with van der Waals surface area (Å²) in [5.74, 6) is 0.0889. The summed E-state index contributed by atoms with van der Waals surface area (Å²) in [6.45, 7) is 1.98. The summed E-state index contributed by atoms with van der Waals surface area (Å²) >= 11 is 5.59. The van der Waals surface area contributed by atoms with E-state index in [9.17, 15) is 9.59 Å². The average molecular weight is 346 g/mol. The third kappa shape index (κ3) is 4.59. The maximum absolute atomic E-state index is 11.8. The molecule has 0 radical (unpaired) electrons. The molecule has 0 heterocycles. The number of nitrogens with one attached hydrogen (secondary N) is 1. The van der Waals surface area contributed by atoms with Crippen LogP contribution in [0.5, 0.6) is 0 Å². The number of benzene rings is 2. The van der Waals surface area contributed by atoms with Crippen LogP contribution in [0.4, 0.5) is 5.69 Å². The minimum Gasteiger partial charge on any atom is -0.465 e. The van der Waals surface area contributed by atoms with Gasteiger partial charge in [-0.25, -0.2) is 4.79 Å². The van der Waals surface area contributed by atoms with E-state index in [1.54, 1.807) is 12.1 Å². The van der Waals surface area contributed by atoms with Crippen LogP contribution in [0.3, 0.4) is 0 Å². The molecule has 0 fully saturated rings. The van der Waals surface area contributed by atoms with Gasteiger partial charge in [0, 0.05) is 18.0 Å². The van der Waals surface area contributed by atoms with E-state index >= 15 is 0 Å². The number of carbonyl (C=O) groups excluding carboxylic acids is 2. The predicted octanol–water partition coefficient (Wildman–Crippen LogP) is 4.41. The first kappa shape index (κ1) is 18.0. The van der Waals surface area contributed by atoms with Crippen LogP contribution in [0.1, 0.15) is 28.8 Å². The number of methoxy groups -OCH3 is 1. The van der Waals surface area contributed by atoms with Crippen molar-refractivity contribution < 1.29 is 14.3 Å². The molecule has 0 spiro atoms. The highest BCUT2D eigenvalue weighted by Gasteiger charge is 2.08.